The van der Waals surface area contributed by atoms with Gasteiger partial charge in [-0.05, 0) is 6.92 Å². The Bertz CT molecular complexity index is 1540. The summed E-state index contributed by atoms with van der Waals surface area (Å²) in [6.07, 6.45) is -40.1. The van der Waals surface area contributed by atoms with E-state index in [9.17, 15) is 80.8 Å². The molecule has 0 bridgehead atoms. The Balaban J connectivity index is 1.55. The topological polar surface area (TPSA) is 433 Å². The number of carbonyl (C=O) groups is 3. The Hall–Kier alpha value is -2.47. The van der Waals surface area contributed by atoms with Crippen molar-refractivity contribution < 1.29 is 123 Å². The first-order valence-electron chi connectivity index (χ1n) is 20.4. The van der Waals surface area contributed by atoms with E-state index in [4.69, 9.17) is 42.6 Å². The summed E-state index contributed by atoms with van der Waals surface area (Å²) in [7, 11) is 0. The van der Waals surface area contributed by atoms with Crippen molar-refractivity contribution in [2.45, 2.75) is 181 Å². The van der Waals surface area contributed by atoms with Crippen LogP contribution in [0.4, 0.5) is 0 Å². The number of ether oxygens (including phenoxy) is 9. The molecule has 5 saturated heterocycles. The SMILES string of the molecule is CC(=O)N[C@H]1[C@H](O[C@H]2[C@H](O[C@H]3[C@H](O)[C@@H](CO)O[C@H](O[C@@H]4[C@@H](O)[C@H](O)O[C@H](C)[C@H]4NC(C)=O)[C@@H]3NC(C)=O)O[C@H](CO)[C@H](O[C@H]3O[C@H](CO)[C@@H](O)[C@H](O)[C@H]3O)[C@@H]2O)O[C@H](CO)[C@@H](O)[C@@H]1O. The van der Waals surface area contributed by atoms with Gasteiger partial charge in [-0.1, -0.05) is 0 Å². The highest BCUT2D eigenvalue weighted by Gasteiger charge is 2.58. The third-order valence-electron chi connectivity index (χ3n) is 11.5. The zero-order valence-electron chi connectivity index (χ0n) is 35.0. The second-order valence-corrected chi connectivity index (χ2v) is 16.1. The minimum absolute atomic E-state index is 0.605. The highest BCUT2D eigenvalue weighted by Crippen LogP contribution is 2.37. The van der Waals surface area contributed by atoms with Gasteiger partial charge < -0.3 is 125 Å². The van der Waals surface area contributed by atoms with Crippen LogP contribution in [0.25, 0.3) is 0 Å². The molecule has 5 aliphatic heterocycles. The summed E-state index contributed by atoms with van der Waals surface area (Å²) in [5.41, 5.74) is 0. The standard InChI is InChI=1S/C36H61N3O25/c1-9-17(37-10(2)44)29(27(54)32(55)56-9)62-34-19(39-12(4)46)30(22(49)15(7-42)58-34)63-36-31(64-33-18(38-11(3)45)23(50)20(47)13(5-40)57-33)26(53)28(16(8-43)60-36)61-35-25(52)24(51)21(48)14(6-41)59-35/h9,13-36,40-43,47-55H,5-8H2,1-4H3,(H,37,44)(H,38,45)(H,39,46)/t9-,13-,14-,15-,16-,17-,18-,19-,20-,21-,22-,23-,24+,25-,26+,27-,28+,29+,30-,31-,32-,33+,34-,35-,36+/m1/s1. The van der Waals surface area contributed by atoms with Crippen LogP contribution in [-0.2, 0) is 57.0 Å². The molecule has 3 amide bonds. The lowest BCUT2D eigenvalue weighted by atomic mass is 9.93. The van der Waals surface area contributed by atoms with Gasteiger partial charge >= 0.3 is 0 Å². The number of nitrogens with one attached hydrogen (secondary N) is 3. The largest absolute Gasteiger partial charge is 0.394 e. The van der Waals surface area contributed by atoms with E-state index >= 15 is 0 Å². The van der Waals surface area contributed by atoms with E-state index in [-0.39, 0.29) is 0 Å². The number of rotatable bonds is 15. The van der Waals surface area contributed by atoms with Gasteiger partial charge in [0, 0.05) is 20.8 Å². The van der Waals surface area contributed by atoms with E-state index in [0.717, 1.165) is 20.8 Å². The number of hydrogen-bond donors (Lipinski definition) is 16. The van der Waals surface area contributed by atoms with Gasteiger partial charge in [0.25, 0.3) is 0 Å². The number of carbonyl (C=O) groups excluding carboxylic acids is 3. The molecule has 370 valence electrons. The zero-order chi connectivity index (χ0) is 47.5. The maximum absolute atomic E-state index is 12.8. The second-order valence-electron chi connectivity index (χ2n) is 16.1. The Morgan fingerprint density at radius 2 is 0.812 bits per heavy atom. The summed E-state index contributed by atoms with van der Waals surface area (Å²) in [6.45, 7) is 0.882. The highest BCUT2D eigenvalue weighted by molar-refractivity contribution is 5.74. The monoisotopic (exact) mass is 935 g/mol. The van der Waals surface area contributed by atoms with Crippen LogP contribution in [-0.4, -0.2) is 264 Å². The average Bonchev–Trinajstić information content (AvgIpc) is 3.24. The van der Waals surface area contributed by atoms with Crippen LogP contribution in [0.5, 0.6) is 0 Å². The molecule has 0 saturated carbocycles. The quantitative estimate of drug-likeness (QED) is 0.0725. The van der Waals surface area contributed by atoms with Crippen LogP contribution in [0.3, 0.4) is 0 Å². The Kier molecular flexibility index (Phi) is 18.5. The van der Waals surface area contributed by atoms with Gasteiger partial charge in [-0.25, -0.2) is 0 Å². The second kappa shape index (κ2) is 22.6. The third-order valence-corrected chi connectivity index (χ3v) is 11.5. The molecule has 5 aliphatic rings. The van der Waals surface area contributed by atoms with Crippen molar-refractivity contribution in [3.05, 3.63) is 0 Å². The maximum atomic E-state index is 12.8. The molecule has 64 heavy (non-hydrogen) atoms. The van der Waals surface area contributed by atoms with Crippen LogP contribution in [0, 0.1) is 0 Å². The van der Waals surface area contributed by atoms with Crippen LogP contribution >= 0.6 is 0 Å². The van der Waals surface area contributed by atoms with E-state index < -0.39 is 197 Å². The minimum atomic E-state index is -2.18. The van der Waals surface area contributed by atoms with Crippen molar-refractivity contribution in [2.75, 3.05) is 26.4 Å². The molecule has 0 aromatic carbocycles. The fourth-order valence-corrected chi connectivity index (χ4v) is 8.21. The number of aliphatic hydroxyl groups is 13. The molecule has 16 N–H and O–H groups in total. The van der Waals surface area contributed by atoms with Crippen molar-refractivity contribution in [1.29, 1.82) is 0 Å². The lowest BCUT2D eigenvalue weighted by Crippen LogP contribution is -2.71. The van der Waals surface area contributed by atoms with Gasteiger partial charge in [-0.3, -0.25) is 14.4 Å². The Morgan fingerprint density at radius 3 is 1.36 bits per heavy atom. The Morgan fingerprint density at radius 1 is 0.406 bits per heavy atom. The fraction of sp³-hybridized carbons (Fsp3) is 0.917. The molecule has 5 rings (SSSR count). The molecule has 0 unspecified atom stereocenters. The van der Waals surface area contributed by atoms with E-state index in [1.165, 1.54) is 6.92 Å². The van der Waals surface area contributed by atoms with Gasteiger partial charge in [0.1, 0.15) is 110 Å². The van der Waals surface area contributed by atoms with Crippen LogP contribution in [0.2, 0.25) is 0 Å². The molecular weight excluding hydrogens is 874 g/mol. The Labute approximate surface area is 364 Å². The van der Waals surface area contributed by atoms with Crippen LogP contribution in [0.1, 0.15) is 27.7 Å². The molecule has 0 aromatic heterocycles. The molecule has 5 fully saturated rings. The predicted octanol–water partition coefficient (Wildman–Crippen LogP) is -10.5. The minimum Gasteiger partial charge on any atom is -0.394 e. The number of aliphatic hydroxyl groups excluding tert-OH is 13. The van der Waals surface area contributed by atoms with Gasteiger partial charge in [-0.15, -0.1) is 0 Å². The summed E-state index contributed by atoms with van der Waals surface area (Å²) in [4.78, 5) is 37.2. The van der Waals surface area contributed by atoms with Crippen molar-refractivity contribution >= 4 is 17.7 Å². The van der Waals surface area contributed by atoms with Gasteiger partial charge in [0.2, 0.25) is 17.7 Å². The molecular formula is C36H61N3O25. The van der Waals surface area contributed by atoms with E-state index in [0.29, 0.717) is 0 Å². The molecule has 0 aromatic rings. The zero-order valence-corrected chi connectivity index (χ0v) is 35.0. The predicted molar refractivity (Wildman–Crippen MR) is 200 cm³/mol. The summed E-state index contributed by atoms with van der Waals surface area (Å²) in [5.74, 6) is -2.19. The van der Waals surface area contributed by atoms with Gasteiger partial charge in [0.15, 0.2) is 31.5 Å². The van der Waals surface area contributed by atoms with Gasteiger partial charge in [0.05, 0.1) is 38.6 Å². The molecule has 5 heterocycles. The van der Waals surface area contributed by atoms with E-state index in [1.807, 2.05) is 0 Å². The molecule has 28 nitrogen and oxygen atoms in total. The van der Waals surface area contributed by atoms with Crippen molar-refractivity contribution in [1.82, 2.24) is 16.0 Å². The highest BCUT2D eigenvalue weighted by atomic mass is 16.8. The van der Waals surface area contributed by atoms with E-state index in [2.05, 4.69) is 16.0 Å². The first-order valence-corrected chi connectivity index (χ1v) is 20.4. The fourth-order valence-electron chi connectivity index (χ4n) is 8.21. The average molecular weight is 936 g/mol. The third kappa shape index (κ3) is 11.4. The summed E-state index contributed by atoms with van der Waals surface area (Å²) >= 11 is 0. The summed E-state index contributed by atoms with van der Waals surface area (Å²) < 4.78 is 52.6. The molecule has 0 spiro atoms. The summed E-state index contributed by atoms with van der Waals surface area (Å²) in [6, 6.07) is -4.54. The van der Waals surface area contributed by atoms with Crippen LogP contribution in [0.15, 0.2) is 0 Å². The normalized spacial score (nSPS) is 47.7. The number of amides is 3. The number of hydrogen-bond acceptors (Lipinski definition) is 25. The van der Waals surface area contributed by atoms with Crippen molar-refractivity contribution in [3.8, 4) is 0 Å². The lowest BCUT2D eigenvalue weighted by molar-refractivity contribution is -0.395. The van der Waals surface area contributed by atoms with Crippen LogP contribution < -0.4 is 16.0 Å². The molecule has 28 heteroatoms. The van der Waals surface area contributed by atoms with Crippen molar-refractivity contribution in [3.63, 3.8) is 0 Å². The molecule has 0 radical (unpaired) electrons. The molecule has 0 aliphatic carbocycles. The smallest absolute Gasteiger partial charge is 0.217 e. The first-order chi connectivity index (χ1) is 30.2. The maximum Gasteiger partial charge on any atom is 0.217 e. The van der Waals surface area contributed by atoms with Gasteiger partial charge in [-0.2, -0.15) is 0 Å². The summed E-state index contributed by atoms with van der Waals surface area (Å²) in [5, 5.41) is 146. The van der Waals surface area contributed by atoms with Crippen molar-refractivity contribution in [2.24, 2.45) is 0 Å². The lowest BCUT2D eigenvalue weighted by Gasteiger charge is -2.51. The van der Waals surface area contributed by atoms with E-state index in [1.54, 1.807) is 0 Å². The molecule has 25 atom stereocenters. The first kappa shape index (κ1) is 52.5.